The van der Waals surface area contributed by atoms with Crippen molar-refractivity contribution in [1.82, 2.24) is 10.6 Å². The third-order valence-electron chi connectivity index (χ3n) is 2.22. The van der Waals surface area contributed by atoms with Gasteiger partial charge in [-0.2, -0.15) is 0 Å². The first-order valence-corrected chi connectivity index (χ1v) is 5.82. The molecule has 2 rings (SSSR count). The highest BCUT2D eigenvalue weighted by Gasteiger charge is 2.09. The van der Waals surface area contributed by atoms with Crippen LogP contribution in [0.1, 0.15) is 24.3 Å². The summed E-state index contributed by atoms with van der Waals surface area (Å²) in [6, 6.07) is 4.57. The molecule has 1 aromatic rings. The number of nitrogens with zero attached hydrogens (tertiary/aromatic N) is 1. The van der Waals surface area contributed by atoms with Crippen LogP contribution >= 0.6 is 11.3 Å². The van der Waals surface area contributed by atoms with Crippen molar-refractivity contribution in [2.45, 2.75) is 19.4 Å². The fourth-order valence-electron chi connectivity index (χ4n) is 1.44. The average Bonchev–Trinajstić information content (AvgIpc) is 2.72. The Morgan fingerprint density at radius 2 is 2.57 bits per heavy atom. The monoisotopic (exact) mass is 209 g/mol. The van der Waals surface area contributed by atoms with Crippen molar-refractivity contribution >= 4 is 17.3 Å². The van der Waals surface area contributed by atoms with Gasteiger partial charge in [-0.05, 0) is 24.8 Å². The highest BCUT2D eigenvalue weighted by molar-refractivity contribution is 7.10. The predicted molar refractivity (Wildman–Crippen MR) is 60.8 cm³/mol. The lowest BCUT2D eigenvalue weighted by atomic mass is 10.3. The lowest BCUT2D eigenvalue weighted by molar-refractivity contribution is 0.655. The summed E-state index contributed by atoms with van der Waals surface area (Å²) >= 11 is 1.77. The number of hydrogen-bond donors (Lipinski definition) is 2. The van der Waals surface area contributed by atoms with E-state index in [0.29, 0.717) is 6.04 Å². The fourth-order valence-corrected chi connectivity index (χ4v) is 2.18. The smallest absolute Gasteiger partial charge is 0.191 e. The van der Waals surface area contributed by atoms with Crippen molar-refractivity contribution in [3.05, 3.63) is 22.4 Å². The Morgan fingerprint density at radius 3 is 3.21 bits per heavy atom. The van der Waals surface area contributed by atoms with E-state index in [2.05, 4.69) is 40.1 Å². The first kappa shape index (κ1) is 9.52. The molecule has 0 aromatic carbocycles. The first-order chi connectivity index (χ1) is 6.86. The van der Waals surface area contributed by atoms with Gasteiger partial charge < -0.3 is 10.6 Å². The molecule has 2 N–H and O–H groups in total. The van der Waals surface area contributed by atoms with Crippen LogP contribution in [-0.4, -0.2) is 19.0 Å². The minimum atomic E-state index is 0.347. The summed E-state index contributed by atoms with van der Waals surface area (Å²) in [4.78, 5) is 5.73. The number of guanidine groups is 1. The van der Waals surface area contributed by atoms with Gasteiger partial charge >= 0.3 is 0 Å². The van der Waals surface area contributed by atoms with Gasteiger partial charge in [-0.3, -0.25) is 4.99 Å². The molecule has 0 aliphatic carbocycles. The van der Waals surface area contributed by atoms with Gasteiger partial charge in [-0.25, -0.2) is 0 Å². The molecule has 1 aromatic heterocycles. The van der Waals surface area contributed by atoms with Gasteiger partial charge in [-0.15, -0.1) is 11.3 Å². The molecule has 0 spiro atoms. The molecule has 0 bridgehead atoms. The number of hydrogen-bond acceptors (Lipinski definition) is 4. The molecule has 1 atom stereocenters. The summed E-state index contributed by atoms with van der Waals surface area (Å²) in [5.74, 6) is 0.942. The topological polar surface area (TPSA) is 36.4 Å². The molecule has 3 nitrogen and oxygen atoms in total. The van der Waals surface area contributed by atoms with Crippen LogP contribution in [-0.2, 0) is 0 Å². The van der Waals surface area contributed by atoms with E-state index in [1.807, 2.05) is 0 Å². The summed E-state index contributed by atoms with van der Waals surface area (Å²) in [5.41, 5.74) is 0. The molecule has 76 valence electrons. The maximum Gasteiger partial charge on any atom is 0.191 e. The third kappa shape index (κ3) is 2.26. The molecule has 0 saturated carbocycles. The number of aliphatic imine (C=N–C) groups is 1. The summed E-state index contributed by atoms with van der Waals surface area (Å²) in [6.07, 6.45) is 1.14. The second-order valence-electron chi connectivity index (χ2n) is 3.39. The Hall–Kier alpha value is -1.03. The zero-order chi connectivity index (χ0) is 9.80. The van der Waals surface area contributed by atoms with E-state index in [1.54, 1.807) is 11.3 Å². The van der Waals surface area contributed by atoms with E-state index in [4.69, 9.17) is 0 Å². The van der Waals surface area contributed by atoms with Crippen LogP contribution in [0.2, 0.25) is 0 Å². The Labute approximate surface area is 88.3 Å². The average molecular weight is 209 g/mol. The van der Waals surface area contributed by atoms with Crippen LogP contribution in [0.25, 0.3) is 0 Å². The highest BCUT2D eigenvalue weighted by Crippen LogP contribution is 2.17. The zero-order valence-corrected chi connectivity index (χ0v) is 9.10. The molecule has 0 fully saturated rings. The van der Waals surface area contributed by atoms with Crippen LogP contribution in [0, 0.1) is 0 Å². The van der Waals surface area contributed by atoms with E-state index >= 15 is 0 Å². The summed E-state index contributed by atoms with van der Waals surface area (Å²) in [5, 5.41) is 8.73. The number of nitrogens with one attached hydrogen (secondary N) is 2. The molecule has 14 heavy (non-hydrogen) atoms. The van der Waals surface area contributed by atoms with Crippen LogP contribution in [0.3, 0.4) is 0 Å². The third-order valence-corrected chi connectivity index (χ3v) is 3.28. The minimum Gasteiger partial charge on any atom is -0.356 e. The Kier molecular flexibility index (Phi) is 3.03. The van der Waals surface area contributed by atoms with Crippen LogP contribution < -0.4 is 10.6 Å². The molecule has 4 heteroatoms. The molecule has 0 radical (unpaired) electrons. The van der Waals surface area contributed by atoms with Crippen molar-refractivity contribution in [3.63, 3.8) is 0 Å². The molecule has 1 aliphatic rings. The van der Waals surface area contributed by atoms with E-state index < -0.39 is 0 Å². The quantitative estimate of drug-likeness (QED) is 0.778. The molecule has 2 heterocycles. The SMILES string of the molecule is C[C@@H](NC1=NCCCN1)c1cccs1. The van der Waals surface area contributed by atoms with Gasteiger partial charge in [0.05, 0.1) is 6.04 Å². The van der Waals surface area contributed by atoms with E-state index in [0.717, 1.165) is 25.5 Å². The minimum absolute atomic E-state index is 0.347. The van der Waals surface area contributed by atoms with Crippen LogP contribution in [0.15, 0.2) is 22.5 Å². The second kappa shape index (κ2) is 4.46. The maximum atomic E-state index is 4.38. The van der Waals surface area contributed by atoms with Gasteiger partial charge in [0.25, 0.3) is 0 Å². The van der Waals surface area contributed by atoms with Gasteiger partial charge in [-0.1, -0.05) is 6.07 Å². The molecule has 0 unspecified atom stereocenters. The Bertz CT molecular complexity index is 305. The fraction of sp³-hybridized carbons (Fsp3) is 0.500. The standard InChI is InChI=1S/C10H15N3S/c1-8(9-4-2-7-14-9)13-10-11-5-3-6-12-10/h2,4,7-8H,3,5-6H2,1H3,(H2,11,12,13)/t8-/m1/s1. The maximum absolute atomic E-state index is 4.38. The van der Waals surface area contributed by atoms with Crippen molar-refractivity contribution in [1.29, 1.82) is 0 Å². The molecule has 0 amide bonds. The largest absolute Gasteiger partial charge is 0.356 e. The lowest BCUT2D eigenvalue weighted by Gasteiger charge is -2.19. The normalized spacial score (nSPS) is 18.2. The van der Waals surface area contributed by atoms with Gasteiger partial charge in [0.2, 0.25) is 0 Å². The Morgan fingerprint density at radius 1 is 1.64 bits per heavy atom. The Balaban J connectivity index is 1.94. The summed E-state index contributed by atoms with van der Waals surface area (Å²) < 4.78 is 0. The van der Waals surface area contributed by atoms with Gasteiger partial charge in [0.15, 0.2) is 5.96 Å². The molecule has 0 saturated heterocycles. The van der Waals surface area contributed by atoms with E-state index in [9.17, 15) is 0 Å². The van der Waals surface area contributed by atoms with Crippen LogP contribution in [0.5, 0.6) is 0 Å². The molecular formula is C10H15N3S. The van der Waals surface area contributed by atoms with Crippen molar-refractivity contribution in [2.24, 2.45) is 4.99 Å². The van der Waals surface area contributed by atoms with Gasteiger partial charge in [0.1, 0.15) is 0 Å². The molecular weight excluding hydrogens is 194 g/mol. The second-order valence-corrected chi connectivity index (χ2v) is 4.37. The highest BCUT2D eigenvalue weighted by atomic mass is 32.1. The lowest BCUT2D eigenvalue weighted by Crippen LogP contribution is -2.41. The number of thiophene rings is 1. The van der Waals surface area contributed by atoms with Gasteiger partial charge in [0, 0.05) is 18.0 Å². The van der Waals surface area contributed by atoms with Crippen LogP contribution in [0.4, 0.5) is 0 Å². The van der Waals surface area contributed by atoms with Crippen molar-refractivity contribution < 1.29 is 0 Å². The predicted octanol–water partition coefficient (Wildman–Crippen LogP) is 1.75. The molecule has 1 aliphatic heterocycles. The zero-order valence-electron chi connectivity index (χ0n) is 8.29. The number of rotatable bonds is 2. The van der Waals surface area contributed by atoms with Crippen molar-refractivity contribution in [3.8, 4) is 0 Å². The van der Waals surface area contributed by atoms with E-state index in [-0.39, 0.29) is 0 Å². The van der Waals surface area contributed by atoms with E-state index in [1.165, 1.54) is 4.88 Å². The van der Waals surface area contributed by atoms with Crippen molar-refractivity contribution in [2.75, 3.05) is 13.1 Å². The summed E-state index contributed by atoms with van der Waals surface area (Å²) in [7, 11) is 0. The first-order valence-electron chi connectivity index (χ1n) is 4.94. The summed E-state index contributed by atoms with van der Waals surface area (Å²) in [6.45, 7) is 4.13.